The fraction of sp³-hybridized carbons (Fsp3) is 0.962. The predicted octanol–water partition coefficient (Wildman–Crippen LogP) is 9.42. The summed E-state index contributed by atoms with van der Waals surface area (Å²) >= 11 is 0. The van der Waals surface area contributed by atoms with E-state index < -0.39 is 0 Å². The highest BCUT2D eigenvalue weighted by atomic mass is 16.1. The first kappa shape index (κ1) is 26.7. The molecule has 0 radical (unpaired) electrons. The summed E-state index contributed by atoms with van der Waals surface area (Å²) in [6.45, 7) is 6.76. The minimum absolute atomic E-state index is 0.372. The molecule has 0 rings (SSSR count). The van der Waals surface area contributed by atoms with E-state index in [-0.39, 0.29) is 0 Å². The summed E-state index contributed by atoms with van der Waals surface area (Å²) in [7, 11) is 0. The first-order valence-electron chi connectivity index (χ1n) is 12.8. The van der Waals surface area contributed by atoms with Gasteiger partial charge >= 0.3 is 0 Å². The summed E-state index contributed by atoms with van der Waals surface area (Å²) in [5, 5.41) is 0. The molecule has 1 nitrogen and oxygen atoms in total. The van der Waals surface area contributed by atoms with Gasteiger partial charge in [0.15, 0.2) is 0 Å². The molecular weight excluding hydrogens is 328 g/mol. The number of Topliss-reactive ketones (excluding diaryl/α,β-unsaturated/α-hetero) is 1. The lowest BCUT2D eigenvalue weighted by Gasteiger charge is -2.16. The summed E-state index contributed by atoms with van der Waals surface area (Å²) in [5.41, 5.74) is 0. The summed E-state index contributed by atoms with van der Waals surface area (Å²) < 4.78 is 0. The van der Waals surface area contributed by atoms with Gasteiger partial charge in [-0.2, -0.15) is 0 Å². The molecule has 1 heteroatoms. The average Bonchev–Trinajstić information content (AvgIpc) is 2.67. The van der Waals surface area contributed by atoms with E-state index in [1.807, 2.05) is 0 Å². The fourth-order valence-corrected chi connectivity index (χ4v) is 4.09. The second-order valence-electron chi connectivity index (χ2n) is 8.79. The third kappa shape index (κ3) is 18.8. The van der Waals surface area contributed by atoms with Crippen LogP contribution < -0.4 is 0 Å². The molecule has 1 unspecified atom stereocenters. The van der Waals surface area contributed by atoms with Crippen LogP contribution >= 0.6 is 0 Å². The summed E-state index contributed by atoms with van der Waals surface area (Å²) in [5.74, 6) is 0.944. The molecule has 0 fully saturated rings. The molecule has 0 saturated carbocycles. The zero-order valence-electron chi connectivity index (χ0n) is 19.3. The average molecular weight is 381 g/mol. The van der Waals surface area contributed by atoms with Gasteiger partial charge in [0.25, 0.3) is 0 Å². The molecule has 0 aliphatic rings. The highest BCUT2D eigenvalue weighted by Gasteiger charge is 2.17. The highest BCUT2D eigenvalue weighted by Crippen LogP contribution is 2.22. The Hall–Kier alpha value is -0.330. The number of rotatable bonds is 22. The molecule has 0 aliphatic heterocycles. The van der Waals surface area contributed by atoms with Crippen molar-refractivity contribution in [3.63, 3.8) is 0 Å². The Labute approximate surface area is 172 Å². The Morgan fingerprint density at radius 1 is 0.481 bits per heavy atom. The van der Waals surface area contributed by atoms with Gasteiger partial charge in [0.1, 0.15) is 5.78 Å². The Morgan fingerprint density at radius 2 is 0.815 bits per heavy atom. The molecule has 0 aromatic rings. The maximum Gasteiger partial charge on any atom is 0.135 e. The standard InChI is InChI=1S/C26H52O/c1-4-7-10-11-12-13-14-15-16-17-18-21-23-25(22-19-8-5-2)26(27)24-20-9-6-3/h25H,4-24H2,1-3H3. The van der Waals surface area contributed by atoms with Gasteiger partial charge in [0.2, 0.25) is 0 Å². The van der Waals surface area contributed by atoms with Crippen molar-refractivity contribution in [2.24, 2.45) is 5.92 Å². The maximum absolute atomic E-state index is 12.5. The minimum atomic E-state index is 0.372. The fourth-order valence-electron chi connectivity index (χ4n) is 4.09. The van der Waals surface area contributed by atoms with E-state index in [2.05, 4.69) is 20.8 Å². The van der Waals surface area contributed by atoms with E-state index in [1.54, 1.807) is 0 Å². The smallest absolute Gasteiger partial charge is 0.135 e. The van der Waals surface area contributed by atoms with Crippen LogP contribution in [0.4, 0.5) is 0 Å². The first-order valence-corrected chi connectivity index (χ1v) is 12.8. The number of hydrogen-bond acceptors (Lipinski definition) is 1. The van der Waals surface area contributed by atoms with Crippen molar-refractivity contribution in [2.75, 3.05) is 0 Å². The van der Waals surface area contributed by atoms with Gasteiger partial charge in [-0.1, -0.05) is 130 Å². The second-order valence-corrected chi connectivity index (χ2v) is 8.79. The number of ketones is 1. The van der Waals surface area contributed by atoms with Crippen molar-refractivity contribution in [2.45, 2.75) is 156 Å². The van der Waals surface area contributed by atoms with Crippen LogP contribution in [0.25, 0.3) is 0 Å². The van der Waals surface area contributed by atoms with E-state index in [0.29, 0.717) is 11.7 Å². The lowest BCUT2D eigenvalue weighted by Crippen LogP contribution is -2.14. The molecule has 27 heavy (non-hydrogen) atoms. The van der Waals surface area contributed by atoms with E-state index in [9.17, 15) is 4.79 Å². The van der Waals surface area contributed by atoms with Crippen molar-refractivity contribution < 1.29 is 4.79 Å². The predicted molar refractivity (Wildman–Crippen MR) is 122 cm³/mol. The molecule has 1 atom stereocenters. The van der Waals surface area contributed by atoms with E-state index in [4.69, 9.17) is 0 Å². The maximum atomic E-state index is 12.5. The molecular formula is C26H52O. The zero-order chi connectivity index (χ0) is 20.0. The minimum Gasteiger partial charge on any atom is -0.299 e. The monoisotopic (exact) mass is 380 g/mol. The van der Waals surface area contributed by atoms with Crippen molar-refractivity contribution in [1.82, 2.24) is 0 Å². The largest absolute Gasteiger partial charge is 0.299 e. The third-order valence-electron chi connectivity index (χ3n) is 6.04. The normalized spacial score (nSPS) is 12.4. The number of carbonyl (C=O) groups is 1. The van der Waals surface area contributed by atoms with Crippen LogP contribution in [0.3, 0.4) is 0 Å². The van der Waals surface area contributed by atoms with Crippen molar-refractivity contribution in [3.8, 4) is 0 Å². The third-order valence-corrected chi connectivity index (χ3v) is 6.04. The zero-order valence-corrected chi connectivity index (χ0v) is 19.3. The van der Waals surface area contributed by atoms with Crippen LogP contribution in [0.2, 0.25) is 0 Å². The molecule has 0 amide bonds. The van der Waals surface area contributed by atoms with Gasteiger partial charge in [0.05, 0.1) is 0 Å². The molecule has 0 spiro atoms. The Morgan fingerprint density at radius 3 is 1.30 bits per heavy atom. The van der Waals surface area contributed by atoms with Gasteiger partial charge in [-0.05, 0) is 19.3 Å². The first-order chi connectivity index (χ1) is 13.3. The van der Waals surface area contributed by atoms with Gasteiger partial charge in [-0.25, -0.2) is 0 Å². The number of hydrogen-bond donors (Lipinski definition) is 0. The van der Waals surface area contributed by atoms with Crippen LogP contribution in [0, 0.1) is 5.92 Å². The molecule has 162 valence electrons. The molecule has 0 aromatic heterocycles. The Balaban J connectivity index is 3.68. The van der Waals surface area contributed by atoms with Crippen molar-refractivity contribution in [3.05, 3.63) is 0 Å². The lowest BCUT2D eigenvalue weighted by molar-refractivity contribution is -0.123. The molecule has 0 bridgehead atoms. The lowest BCUT2D eigenvalue weighted by atomic mass is 9.88. The van der Waals surface area contributed by atoms with Crippen LogP contribution in [0.1, 0.15) is 156 Å². The molecule has 0 aliphatic carbocycles. The van der Waals surface area contributed by atoms with Crippen LogP contribution in [-0.4, -0.2) is 5.78 Å². The SMILES string of the molecule is CCCCCCCCCCCCCCC(CCCCC)C(=O)CCCCC. The highest BCUT2D eigenvalue weighted by molar-refractivity contribution is 5.80. The molecule has 0 saturated heterocycles. The Kier molecular flexibility index (Phi) is 21.7. The van der Waals surface area contributed by atoms with Crippen LogP contribution in [0.15, 0.2) is 0 Å². The summed E-state index contributed by atoms with van der Waals surface area (Å²) in [4.78, 5) is 12.5. The van der Waals surface area contributed by atoms with Gasteiger partial charge in [-0.3, -0.25) is 4.79 Å². The van der Waals surface area contributed by atoms with E-state index >= 15 is 0 Å². The van der Waals surface area contributed by atoms with Gasteiger partial charge in [-0.15, -0.1) is 0 Å². The van der Waals surface area contributed by atoms with Gasteiger partial charge in [0, 0.05) is 12.3 Å². The summed E-state index contributed by atoms with van der Waals surface area (Å²) in [6, 6.07) is 0. The molecule has 0 N–H and O–H groups in total. The topological polar surface area (TPSA) is 17.1 Å². The van der Waals surface area contributed by atoms with E-state index in [1.165, 1.54) is 109 Å². The van der Waals surface area contributed by atoms with Gasteiger partial charge < -0.3 is 0 Å². The number of unbranched alkanes of at least 4 members (excludes halogenated alkanes) is 15. The Bertz CT molecular complexity index is 297. The van der Waals surface area contributed by atoms with E-state index in [0.717, 1.165) is 25.7 Å². The van der Waals surface area contributed by atoms with Crippen LogP contribution in [-0.2, 0) is 4.79 Å². The second kappa shape index (κ2) is 22.0. The molecule has 0 heterocycles. The van der Waals surface area contributed by atoms with Crippen molar-refractivity contribution in [1.29, 1.82) is 0 Å². The molecule has 0 aromatic carbocycles. The van der Waals surface area contributed by atoms with Crippen LogP contribution in [0.5, 0.6) is 0 Å². The quantitative estimate of drug-likeness (QED) is 0.171. The number of carbonyl (C=O) groups excluding carboxylic acids is 1. The van der Waals surface area contributed by atoms with Crippen molar-refractivity contribution >= 4 is 5.78 Å². The summed E-state index contributed by atoms with van der Waals surface area (Å²) in [6.07, 6.45) is 27.3.